The van der Waals surface area contributed by atoms with Crippen LogP contribution in [0.2, 0.25) is 0 Å². The van der Waals surface area contributed by atoms with Crippen LogP contribution in [-0.2, 0) is 5.67 Å². The van der Waals surface area contributed by atoms with E-state index in [4.69, 9.17) is 0 Å². The first-order valence-electron chi connectivity index (χ1n) is 8.16. The van der Waals surface area contributed by atoms with Gasteiger partial charge in [0.25, 0.3) is 0 Å². The lowest BCUT2D eigenvalue weighted by molar-refractivity contribution is 0.207. The van der Waals surface area contributed by atoms with Gasteiger partial charge in [0.1, 0.15) is 0 Å². The third-order valence-electron chi connectivity index (χ3n) is 4.56. The fourth-order valence-corrected chi connectivity index (χ4v) is 3.07. The number of benzene rings is 3. The van der Waals surface area contributed by atoms with E-state index in [1.165, 1.54) is 0 Å². The van der Waals surface area contributed by atoms with E-state index in [9.17, 15) is 61.5 Å². The Morgan fingerprint density at radius 1 is 0.324 bits per heavy atom. The van der Waals surface area contributed by atoms with Gasteiger partial charge in [-0.1, -0.05) is 0 Å². The minimum atomic E-state index is -5.77. The molecule has 0 aliphatic carbocycles. The quantitative estimate of drug-likeness (QED) is 0.155. The maximum Gasteiger partial charge on any atom is 0.203 e. The molecule has 3 aromatic rings. The molecule has 0 atom stereocenters. The van der Waals surface area contributed by atoms with E-state index >= 15 is 4.39 Å². The predicted octanol–water partition coefficient (Wildman–Crippen LogP) is 6.90. The monoisotopic (exact) mass is 514 g/mol. The van der Waals surface area contributed by atoms with E-state index in [0.29, 0.717) is 0 Å². The molecule has 0 unspecified atom stereocenters. The molecule has 3 aromatic carbocycles. The molecule has 0 saturated heterocycles. The largest absolute Gasteiger partial charge is 0.227 e. The molecule has 0 aromatic heterocycles. The van der Waals surface area contributed by atoms with Crippen molar-refractivity contribution in [2.45, 2.75) is 5.67 Å². The second kappa shape index (κ2) is 8.13. The normalized spacial score (nSPS) is 12.0. The molecule has 0 fully saturated rings. The van der Waals surface area contributed by atoms with Crippen LogP contribution < -0.4 is 0 Å². The van der Waals surface area contributed by atoms with Crippen LogP contribution in [-0.4, -0.2) is 0 Å². The lowest BCUT2D eigenvalue weighted by Crippen LogP contribution is -2.34. The summed E-state index contributed by atoms with van der Waals surface area (Å²) in [6, 6.07) is -0.675. The van der Waals surface area contributed by atoms with Gasteiger partial charge in [-0.25, -0.2) is 65.9 Å². The van der Waals surface area contributed by atoms with Gasteiger partial charge in [-0.2, -0.15) is 0 Å². The van der Waals surface area contributed by atoms with Gasteiger partial charge in [-0.3, -0.25) is 0 Å². The van der Waals surface area contributed by atoms with Crippen LogP contribution in [0, 0.1) is 81.4 Å². The first-order valence-corrected chi connectivity index (χ1v) is 8.16. The van der Waals surface area contributed by atoms with E-state index < -0.39 is 110 Å². The van der Waals surface area contributed by atoms with Crippen molar-refractivity contribution in [2.24, 2.45) is 0 Å². The molecule has 0 N–H and O–H groups in total. The second-order valence-electron chi connectivity index (χ2n) is 6.39. The molecule has 15 heteroatoms. The van der Waals surface area contributed by atoms with Crippen molar-refractivity contribution in [1.82, 2.24) is 0 Å². The zero-order valence-electron chi connectivity index (χ0n) is 15.2. The van der Waals surface area contributed by atoms with Gasteiger partial charge in [0, 0.05) is 6.07 Å². The Morgan fingerprint density at radius 2 is 0.529 bits per heavy atom. The lowest BCUT2D eigenvalue weighted by Gasteiger charge is -2.30. The van der Waals surface area contributed by atoms with Crippen LogP contribution in [0.3, 0.4) is 0 Å². The van der Waals surface area contributed by atoms with E-state index in [-0.39, 0.29) is 0 Å². The Morgan fingerprint density at radius 3 is 0.794 bits per heavy atom. The summed E-state index contributed by atoms with van der Waals surface area (Å²) in [6.45, 7) is 0. The smallest absolute Gasteiger partial charge is 0.203 e. The number of hydrogen-bond acceptors (Lipinski definition) is 0. The molecule has 0 amide bonds. The first kappa shape index (κ1) is 25.2. The summed E-state index contributed by atoms with van der Waals surface area (Å²) in [5.74, 6) is -43.7. The molecule has 0 bridgehead atoms. The highest BCUT2D eigenvalue weighted by Crippen LogP contribution is 2.49. The molecule has 3 rings (SSSR count). The van der Waals surface area contributed by atoms with E-state index in [1.54, 1.807) is 0 Å². The van der Waals surface area contributed by atoms with Crippen LogP contribution in [0.4, 0.5) is 65.9 Å². The van der Waals surface area contributed by atoms with E-state index in [2.05, 4.69) is 0 Å². The highest BCUT2D eigenvalue weighted by molar-refractivity contribution is 5.51. The van der Waals surface area contributed by atoms with Gasteiger partial charge < -0.3 is 0 Å². The molecule has 182 valence electrons. The predicted molar refractivity (Wildman–Crippen MR) is 79.7 cm³/mol. The molecule has 0 spiro atoms. The zero-order chi connectivity index (χ0) is 26.0. The Bertz CT molecular complexity index is 1210. The molecule has 34 heavy (non-hydrogen) atoms. The molecular formula is C19HF15. The Labute approximate surface area is 176 Å². The fraction of sp³-hybridized carbons (Fsp3) is 0.0526. The van der Waals surface area contributed by atoms with Crippen molar-refractivity contribution in [2.75, 3.05) is 0 Å². The molecule has 0 nitrogen and oxygen atoms in total. The summed E-state index contributed by atoms with van der Waals surface area (Å²) in [4.78, 5) is 0. The average Bonchev–Trinajstić information content (AvgIpc) is 2.77. The second-order valence-corrected chi connectivity index (χ2v) is 6.39. The van der Waals surface area contributed by atoms with Crippen molar-refractivity contribution < 1.29 is 65.9 Å². The highest BCUT2D eigenvalue weighted by atomic mass is 19.2. The topological polar surface area (TPSA) is 0 Å². The van der Waals surface area contributed by atoms with Gasteiger partial charge >= 0.3 is 0 Å². The SMILES string of the molecule is Fc1cc(F)c(F)c(C(F)(c2c(F)c(F)c(F)c(F)c2F)c2c(F)c(F)c(F)c(F)c2F)c1F. The average molecular weight is 514 g/mol. The third-order valence-corrected chi connectivity index (χ3v) is 4.56. The van der Waals surface area contributed by atoms with Crippen molar-refractivity contribution in [3.8, 4) is 0 Å². The van der Waals surface area contributed by atoms with Crippen LogP contribution in [0.5, 0.6) is 0 Å². The van der Waals surface area contributed by atoms with Crippen LogP contribution in [0.15, 0.2) is 6.07 Å². The number of halogens is 15. The Hall–Kier alpha value is -3.39. The lowest BCUT2D eigenvalue weighted by atomic mass is 9.79. The van der Waals surface area contributed by atoms with Crippen LogP contribution >= 0.6 is 0 Å². The Balaban J connectivity index is 2.76. The van der Waals surface area contributed by atoms with E-state index in [0.717, 1.165) is 0 Å². The van der Waals surface area contributed by atoms with Crippen molar-refractivity contribution in [3.63, 3.8) is 0 Å². The Kier molecular flexibility index (Phi) is 6.03. The van der Waals surface area contributed by atoms with Gasteiger partial charge in [0.2, 0.25) is 17.3 Å². The summed E-state index contributed by atoms with van der Waals surface area (Å²) in [7, 11) is 0. The summed E-state index contributed by atoms with van der Waals surface area (Å²) in [5.41, 5.74) is -15.4. The maximum absolute atomic E-state index is 16.2. The summed E-state index contributed by atoms with van der Waals surface area (Å²) >= 11 is 0. The molecule has 0 aliphatic heterocycles. The van der Waals surface area contributed by atoms with Gasteiger partial charge in [-0.05, 0) is 0 Å². The number of alkyl halides is 1. The minimum absolute atomic E-state index is 0.675. The minimum Gasteiger partial charge on any atom is -0.227 e. The molecule has 0 aliphatic rings. The number of rotatable bonds is 3. The zero-order valence-corrected chi connectivity index (χ0v) is 15.2. The van der Waals surface area contributed by atoms with Crippen molar-refractivity contribution in [3.05, 3.63) is 104 Å². The standard InChI is InChI=1S/C19HF15/c20-2-1-3(21)8(23)4(7(2)22)19(34,5-9(24)13(28)17(32)14(29)10(5)25)6-11(26)15(30)18(33)16(31)12(6)27/h1H. The van der Waals surface area contributed by atoms with Gasteiger partial charge in [0.05, 0.1) is 16.7 Å². The summed E-state index contributed by atoms with van der Waals surface area (Å²) < 4.78 is 211. The van der Waals surface area contributed by atoms with Crippen LogP contribution in [0.25, 0.3) is 0 Å². The summed E-state index contributed by atoms with van der Waals surface area (Å²) in [5, 5.41) is 0. The van der Waals surface area contributed by atoms with Crippen molar-refractivity contribution >= 4 is 0 Å². The molecular weight excluding hydrogens is 513 g/mol. The van der Waals surface area contributed by atoms with Gasteiger partial charge in [-0.15, -0.1) is 0 Å². The van der Waals surface area contributed by atoms with Gasteiger partial charge in [0.15, 0.2) is 69.8 Å². The molecule has 0 saturated carbocycles. The third kappa shape index (κ3) is 3.20. The van der Waals surface area contributed by atoms with Crippen LogP contribution in [0.1, 0.15) is 16.7 Å². The number of hydrogen-bond donors (Lipinski definition) is 0. The fourth-order valence-electron chi connectivity index (χ4n) is 3.07. The maximum atomic E-state index is 16.2. The molecule has 0 heterocycles. The molecule has 0 radical (unpaired) electrons. The highest BCUT2D eigenvalue weighted by Gasteiger charge is 2.54. The first-order chi connectivity index (χ1) is 15.6. The van der Waals surface area contributed by atoms with Crippen molar-refractivity contribution in [1.29, 1.82) is 0 Å². The van der Waals surface area contributed by atoms with E-state index in [1.807, 2.05) is 0 Å². The summed E-state index contributed by atoms with van der Waals surface area (Å²) in [6.07, 6.45) is 0.